The van der Waals surface area contributed by atoms with Gasteiger partial charge in [-0.15, -0.1) is 0 Å². The number of cyclic esters (lactones) is 1. The fraction of sp³-hybridized carbons (Fsp3) is 0.444. The average Bonchev–Trinajstić information content (AvgIpc) is 3.34. The molecule has 200 valence electrons. The number of rotatable bonds is 5. The van der Waals surface area contributed by atoms with E-state index in [-0.39, 0.29) is 30.2 Å². The summed E-state index contributed by atoms with van der Waals surface area (Å²) in [6.07, 6.45) is 3.25. The van der Waals surface area contributed by atoms with Crippen LogP contribution in [-0.2, 0) is 15.0 Å². The van der Waals surface area contributed by atoms with Crippen molar-refractivity contribution in [2.75, 3.05) is 25.5 Å². The van der Waals surface area contributed by atoms with Gasteiger partial charge in [-0.05, 0) is 49.9 Å². The van der Waals surface area contributed by atoms with E-state index < -0.39 is 5.54 Å². The summed E-state index contributed by atoms with van der Waals surface area (Å²) < 4.78 is 16.4. The quantitative estimate of drug-likeness (QED) is 0.476. The molecular weight excluding hydrogens is 488 g/mol. The highest BCUT2D eigenvalue weighted by Crippen LogP contribution is 2.35. The summed E-state index contributed by atoms with van der Waals surface area (Å²) in [6.45, 7) is 8.64. The van der Waals surface area contributed by atoms with Gasteiger partial charge < -0.3 is 30.2 Å². The van der Waals surface area contributed by atoms with Gasteiger partial charge in [0.15, 0.2) is 0 Å². The minimum atomic E-state index is -0.673. The summed E-state index contributed by atoms with van der Waals surface area (Å²) in [7, 11) is 1.37. The topological polar surface area (TPSA) is 142 Å². The van der Waals surface area contributed by atoms with Gasteiger partial charge in [-0.1, -0.05) is 6.92 Å². The molecule has 0 aliphatic carbocycles. The van der Waals surface area contributed by atoms with Gasteiger partial charge in [0.05, 0.1) is 30.3 Å². The van der Waals surface area contributed by atoms with Gasteiger partial charge in [0, 0.05) is 36.8 Å². The number of fused-ring (bicyclic) bond motifs is 2. The lowest BCUT2D eigenvalue weighted by molar-refractivity contribution is 0.0235. The second-order valence-corrected chi connectivity index (χ2v) is 10.4. The van der Waals surface area contributed by atoms with E-state index in [1.165, 1.54) is 7.11 Å². The predicted octanol–water partition coefficient (Wildman–Crippen LogP) is 3.84. The van der Waals surface area contributed by atoms with Crippen LogP contribution in [0.25, 0.3) is 10.8 Å². The van der Waals surface area contributed by atoms with E-state index >= 15 is 0 Å². The molecule has 1 saturated heterocycles. The van der Waals surface area contributed by atoms with Crippen molar-refractivity contribution in [3.8, 4) is 5.88 Å². The molecule has 11 heteroatoms. The third kappa shape index (κ3) is 4.81. The van der Waals surface area contributed by atoms with Crippen molar-refractivity contribution in [2.24, 2.45) is 5.73 Å². The molecule has 38 heavy (non-hydrogen) atoms. The van der Waals surface area contributed by atoms with E-state index in [0.29, 0.717) is 53.7 Å². The van der Waals surface area contributed by atoms with E-state index in [2.05, 4.69) is 15.3 Å². The molecule has 0 aromatic carbocycles. The second kappa shape index (κ2) is 9.71. The Morgan fingerprint density at radius 1 is 1.18 bits per heavy atom. The molecule has 2 aliphatic rings. The van der Waals surface area contributed by atoms with Crippen molar-refractivity contribution < 1.29 is 23.8 Å². The number of hydrogen-bond donors (Lipinski definition) is 2. The first kappa shape index (κ1) is 25.7. The molecule has 5 rings (SSSR count). The first-order chi connectivity index (χ1) is 18.0. The second-order valence-electron chi connectivity index (χ2n) is 10.4. The molecule has 0 spiro atoms. The van der Waals surface area contributed by atoms with Gasteiger partial charge >= 0.3 is 12.1 Å². The van der Waals surface area contributed by atoms with Crippen LogP contribution in [0.1, 0.15) is 61.6 Å². The third-order valence-corrected chi connectivity index (χ3v) is 7.11. The molecule has 3 aromatic rings. The van der Waals surface area contributed by atoms with E-state index in [4.69, 9.17) is 24.9 Å². The zero-order valence-corrected chi connectivity index (χ0v) is 22.1. The van der Waals surface area contributed by atoms with E-state index in [1.54, 1.807) is 29.4 Å². The van der Waals surface area contributed by atoms with Crippen molar-refractivity contribution in [1.82, 2.24) is 19.9 Å². The number of pyridine rings is 3. The Bertz CT molecular complexity index is 1400. The first-order valence-corrected chi connectivity index (χ1v) is 12.6. The number of carbonyl (C=O) groups excluding carboxylic acids is 2. The lowest BCUT2D eigenvalue weighted by Crippen LogP contribution is -2.31. The molecule has 11 nitrogen and oxygen atoms in total. The number of anilines is 2. The number of hydrogen-bond acceptors (Lipinski definition) is 10. The Balaban J connectivity index is 1.46. The van der Waals surface area contributed by atoms with Crippen molar-refractivity contribution in [1.29, 1.82) is 0 Å². The van der Waals surface area contributed by atoms with Gasteiger partial charge in [-0.25, -0.2) is 24.5 Å². The largest absolute Gasteiger partial charge is 0.472 e. The zero-order valence-electron chi connectivity index (χ0n) is 22.1. The first-order valence-electron chi connectivity index (χ1n) is 12.6. The highest BCUT2D eigenvalue weighted by Gasteiger charge is 2.32. The number of nitrogens with one attached hydrogen (secondary N) is 1. The Kier molecular flexibility index (Phi) is 6.56. The summed E-state index contributed by atoms with van der Waals surface area (Å²) in [5.74, 6) is 1.16. The Hall–Kier alpha value is -3.99. The number of amides is 1. The minimum absolute atomic E-state index is 0.0323. The van der Waals surface area contributed by atoms with Crippen LogP contribution in [0.4, 0.5) is 16.4 Å². The molecule has 0 radical (unpaired) electrons. The average molecular weight is 521 g/mol. The number of aromatic nitrogens is 3. The molecule has 3 N–H and O–H groups in total. The molecule has 3 aromatic heterocycles. The number of nitrogens with zero attached hydrogens (tertiary/aromatic N) is 4. The maximum atomic E-state index is 12.3. The van der Waals surface area contributed by atoms with Crippen molar-refractivity contribution in [3.05, 3.63) is 47.4 Å². The maximum Gasteiger partial charge on any atom is 0.409 e. The van der Waals surface area contributed by atoms with E-state index in [9.17, 15) is 9.59 Å². The lowest BCUT2D eigenvalue weighted by atomic mass is 9.93. The van der Waals surface area contributed by atoms with Crippen LogP contribution < -0.4 is 15.8 Å². The molecule has 0 saturated carbocycles. The molecule has 5 heterocycles. The van der Waals surface area contributed by atoms with Gasteiger partial charge in [0.25, 0.3) is 0 Å². The number of ether oxygens (including phenoxy) is 3. The van der Waals surface area contributed by atoms with Gasteiger partial charge in [0.1, 0.15) is 23.8 Å². The van der Waals surface area contributed by atoms with E-state index in [1.807, 2.05) is 33.8 Å². The number of nitrogens with two attached hydrogens (primary N) is 1. The molecule has 0 unspecified atom stereocenters. The molecule has 2 aliphatic heterocycles. The number of esters is 1. The van der Waals surface area contributed by atoms with Gasteiger partial charge in [-0.3, -0.25) is 0 Å². The highest BCUT2D eigenvalue weighted by atomic mass is 16.5. The summed E-state index contributed by atoms with van der Waals surface area (Å²) >= 11 is 0. The van der Waals surface area contributed by atoms with Crippen LogP contribution in [-0.4, -0.2) is 64.3 Å². The predicted molar refractivity (Wildman–Crippen MR) is 141 cm³/mol. The van der Waals surface area contributed by atoms with Gasteiger partial charge in [0.2, 0.25) is 5.88 Å². The van der Waals surface area contributed by atoms with Crippen molar-refractivity contribution >= 4 is 34.5 Å². The number of carbonyl (C=O) groups is 2. The van der Waals surface area contributed by atoms with Crippen LogP contribution in [0.2, 0.25) is 0 Å². The minimum Gasteiger partial charge on any atom is -0.472 e. The zero-order chi connectivity index (χ0) is 27.2. The van der Waals surface area contributed by atoms with Crippen LogP contribution in [0.15, 0.2) is 30.6 Å². The summed E-state index contributed by atoms with van der Waals surface area (Å²) in [4.78, 5) is 39.6. The van der Waals surface area contributed by atoms with Crippen molar-refractivity contribution in [3.63, 3.8) is 0 Å². The molecule has 0 bridgehead atoms. The highest BCUT2D eigenvalue weighted by molar-refractivity contribution is 5.93. The number of methoxy groups -OCH3 is 1. The lowest BCUT2D eigenvalue weighted by Gasteiger charge is -2.27. The molecule has 1 fully saturated rings. The van der Waals surface area contributed by atoms with Gasteiger partial charge in [-0.2, -0.15) is 0 Å². The molecule has 3 atom stereocenters. The Labute approximate surface area is 220 Å². The smallest absolute Gasteiger partial charge is 0.409 e. The summed E-state index contributed by atoms with van der Waals surface area (Å²) in [6, 6.07) is 5.35. The van der Waals surface area contributed by atoms with Crippen LogP contribution in [0, 0.1) is 0 Å². The Morgan fingerprint density at radius 2 is 1.97 bits per heavy atom. The van der Waals surface area contributed by atoms with Crippen molar-refractivity contribution in [2.45, 2.75) is 57.8 Å². The number of likely N-dealkylation sites (tertiary alicyclic amines) is 1. The Morgan fingerprint density at radius 3 is 2.71 bits per heavy atom. The monoisotopic (exact) mass is 520 g/mol. The molecule has 1 amide bonds. The van der Waals surface area contributed by atoms with Crippen LogP contribution in [0.3, 0.4) is 0 Å². The van der Waals surface area contributed by atoms with E-state index in [0.717, 1.165) is 10.9 Å². The fourth-order valence-corrected chi connectivity index (χ4v) is 4.82. The summed E-state index contributed by atoms with van der Waals surface area (Å²) in [5, 5.41) is 4.81. The summed E-state index contributed by atoms with van der Waals surface area (Å²) in [5.41, 5.74) is 7.82. The standard InChI is InChI=1S/C27H32N6O5/c1-14-15(2)37-25(34)17-6-7-21(32-23(14)17)31-22-10-18-19(11-29-22)24(30-12-20(18)27(3,4)28)38-16-8-9-33(13-16)26(35)36-5/h6-7,10-12,14-16H,8-9,13,28H2,1-5H3,(H,29,31,32)/t14-,15-,16+/m0/s1. The SMILES string of the molecule is COC(=O)N1CC[C@@H](Oc2ncc(C(C)(C)N)c3cc(Nc4ccc5c(n4)[C@@H](C)[C@H](C)OC5=O)ncc23)C1. The molecular formula is C27H32N6O5. The van der Waals surface area contributed by atoms with Crippen LogP contribution in [0.5, 0.6) is 5.88 Å². The normalized spacial score (nSPS) is 21.2. The fourth-order valence-electron chi connectivity index (χ4n) is 4.82. The van der Waals surface area contributed by atoms with Crippen LogP contribution >= 0.6 is 0 Å². The maximum absolute atomic E-state index is 12.3. The third-order valence-electron chi connectivity index (χ3n) is 7.11.